The van der Waals surface area contributed by atoms with Gasteiger partial charge in [0.1, 0.15) is 30.2 Å². The SMILES string of the molecule is CC[C@H](C)[C@H](NC(=O)[C@H](CCCN=C(N)N)NC(=O)[C@H](CC(=O)O)NC(=O)[C@@H](NC(=O)[C@H](CCCN=C(N)N)NC(=O)C1CCN(CC(=O)c2ccc3ccccc3c2)CC1)[C@@H](C)CC)C(N)=O. The molecule has 16 N–H and O–H groups in total. The molecular formula is C46H71N13O9. The van der Waals surface area contributed by atoms with Crippen molar-refractivity contribution < 1.29 is 43.5 Å². The molecule has 0 bridgehead atoms. The number of hydrogen-bond donors (Lipinski definition) is 11. The Labute approximate surface area is 396 Å². The van der Waals surface area contributed by atoms with Crippen molar-refractivity contribution >= 4 is 69.9 Å². The van der Waals surface area contributed by atoms with Gasteiger partial charge in [0, 0.05) is 24.6 Å². The van der Waals surface area contributed by atoms with E-state index in [1.807, 2.05) is 47.4 Å². The van der Waals surface area contributed by atoms with Crippen LogP contribution in [-0.4, -0.2) is 132 Å². The summed E-state index contributed by atoms with van der Waals surface area (Å²) in [6.07, 6.45) is 1.25. The number of carbonyl (C=O) groups excluding carboxylic acids is 7. The lowest BCUT2D eigenvalue weighted by Crippen LogP contribution is -2.60. The van der Waals surface area contributed by atoms with Crippen LogP contribution in [-0.2, 0) is 33.6 Å². The van der Waals surface area contributed by atoms with Gasteiger partial charge in [0.25, 0.3) is 0 Å². The minimum Gasteiger partial charge on any atom is -0.481 e. The van der Waals surface area contributed by atoms with Crippen molar-refractivity contribution in [2.45, 2.75) is 116 Å². The molecule has 0 unspecified atom stereocenters. The molecule has 1 saturated heterocycles. The lowest BCUT2D eigenvalue weighted by Gasteiger charge is -2.32. The van der Waals surface area contributed by atoms with E-state index in [-0.39, 0.29) is 68.9 Å². The molecular weight excluding hydrogens is 879 g/mol. The zero-order valence-electron chi connectivity index (χ0n) is 39.5. The predicted molar refractivity (Wildman–Crippen MR) is 257 cm³/mol. The van der Waals surface area contributed by atoms with Crippen LogP contribution in [0.4, 0.5) is 0 Å². The number of nitrogens with zero attached hydrogens (tertiary/aromatic N) is 3. The summed E-state index contributed by atoms with van der Waals surface area (Å²) < 4.78 is 0. The lowest BCUT2D eigenvalue weighted by atomic mass is 9.94. The second-order valence-corrected chi connectivity index (χ2v) is 17.4. The second kappa shape index (κ2) is 27.7. The van der Waals surface area contributed by atoms with Crippen LogP contribution in [0.3, 0.4) is 0 Å². The topological polar surface area (TPSA) is 375 Å². The summed E-state index contributed by atoms with van der Waals surface area (Å²) in [4.78, 5) is 117. The number of carbonyl (C=O) groups is 8. The number of likely N-dealkylation sites (tertiary alicyclic amines) is 1. The largest absolute Gasteiger partial charge is 0.481 e. The molecule has 3 rings (SSSR count). The van der Waals surface area contributed by atoms with Crippen LogP contribution in [0.5, 0.6) is 0 Å². The first-order chi connectivity index (χ1) is 32.2. The van der Waals surface area contributed by atoms with Crippen LogP contribution in [0.15, 0.2) is 52.4 Å². The van der Waals surface area contributed by atoms with E-state index in [4.69, 9.17) is 28.7 Å². The van der Waals surface area contributed by atoms with E-state index in [0.717, 1.165) is 10.8 Å². The highest BCUT2D eigenvalue weighted by Crippen LogP contribution is 2.21. The molecule has 0 spiro atoms. The van der Waals surface area contributed by atoms with Crippen molar-refractivity contribution in [1.29, 1.82) is 0 Å². The number of rotatable bonds is 28. The lowest BCUT2D eigenvalue weighted by molar-refractivity contribution is -0.142. The monoisotopic (exact) mass is 950 g/mol. The first kappa shape index (κ1) is 55.5. The molecule has 0 radical (unpaired) electrons. The van der Waals surface area contributed by atoms with E-state index in [2.05, 4.69) is 36.6 Å². The Morgan fingerprint density at radius 3 is 1.69 bits per heavy atom. The summed E-state index contributed by atoms with van der Waals surface area (Å²) >= 11 is 0. The maximum atomic E-state index is 14.1. The minimum atomic E-state index is -1.73. The van der Waals surface area contributed by atoms with Crippen LogP contribution in [0.25, 0.3) is 10.8 Å². The summed E-state index contributed by atoms with van der Waals surface area (Å²) in [7, 11) is 0. The van der Waals surface area contributed by atoms with Crippen molar-refractivity contribution in [3.05, 3.63) is 48.0 Å². The number of hydrogen-bond acceptors (Lipinski definition) is 11. The van der Waals surface area contributed by atoms with Crippen LogP contribution in [0.1, 0.15) is 95.8 Å². The van der Waals surface area contributed by atoms with Gasteiger partial charge in [-0.15, -0.1) is 0 Å². The molecule has 1 fully saturated rings. The zero-order valence-corrected chi connectivity index (χ0v) is 39.5. The van der Waals surface area contributed by atoms with Gasteiger partial charge in [-0.05, 0) is 80.3 Å². The van der Waals surface area contributed by atoms with E-state index in [1.54, 1.807) is 27.7 Å². The van der Waals surface area contributed by atoms with Crippen molar-refractivity contribution in [3.8, 4) is 0 Å². The molecule has 7 atom stereocenters. The maximum absolute atomic E-state index is 14.1. The number of fused-ring (bicyclic) bond motifs is 1. The third-order valence-corrected chi connectivity index (χ3v) is 12.2. The molecule has 22 nitrogen and oxygen atoms in total. The normalized spacial score (nSPS) is 16.0. The third-order valence-electron chi connectivity index (χ3n) is 12.2. The number of Topliss-reactive ketones (excluding diaryl/α,β-unsaturated/α-hetero) is 1. The first-order valence-electron chi connectivity index (χ1n) is 23.1. The highest BCUT2D eigenvalue weighted by molar-refractivity contribution is 6.01. The molecule has 6 amide bonds. The van der Waals surface area contributed by atoms with Crippen LogP contribution >= 0.6 is 0 Å². The fourth-order valence-corrected chi connectivity index (χ4v) is 7.70. The smallest absolute Gasteiger partial charge is 0.305 e. The number of guanidine groups is 2. The Bertz CT molecular complexity index is 2140. The van der Waals surface area contributed by atoms with Gasteiger partial charge in [0.15, 0.2) is 17.7 Å². The summed E-state index contributed by atoms with van der Waals surface area (Å²) in [5.41, 5.74) is 28.0. The minimum absolute atomic E-state index is 0.0363. The van der Waals surface area contributed by atoms with Gasteiger partial charge in [-0.3, -0.25) is 53.2 Å². The summed E-state index contributed by atoms with van der Waals surface area (Å²) in [5.74, 6) is -7.89. The van der Waals surface area contributed by atoms with Gasteiger partial charge >= 0.3 is 5.97 Å². The number of ketones is 1. The Balaban J connectivity index is 1.76. The van der Waals surface area contributed by atoms with Crippen molar-refractivity contribution in [2.75, 3.05) is 32.7 Å². The fourth-order valence-electron chi connectivity index (χ4n) is 7.70. The van der Waals surface area contributed by atoms with Gasteiger partial charge in [0.05, 0.1) is 13.0 Å². The van der Waals surface area contributed by atoms with E-state index < -0.39 is 89.9 Å². The molecule has 1 heterocycles. The number of carboxylic acids is 1. The first-order valence-corrected chi connectivity index (χ1v) is 23.1. The van der Waals surface area contributed by atoms with E-state index in [0.29, 0.717) is 44.3 Å². The van der Waals surface area contributed by atoms with Gasteiger partial charge in [-0.25, -0.2) is 0 Å². The molecule has 1 aliphatic rings. The average Bonchev–Trinajstić information content (AvgIpc) is 3.30. The number of amides is 6. The second-order valence-electron chi connectivity index (χ2n) is 17.4. The molecule has 68 heavy (non-hydrogen) atoms. The average molecular weight is 950 g/mol. The molecule has 22 heteroatoms. The number of aliphatic carboxylic acids is 1. The number of nitrogens with one attached hydrogen (secondary N) is 5. The maximum Gasteiger partial charge on any atom is 0.305 e. The quantitative estimate of drug-likeness (QED) is 0.0218. The van der Waals surface area contributed by atoms with Gasteiger partial charge < -0.3 is 60.4 Å². The zero-order chi connectivity index (χ0) is 50.5. The number of carboxylic acid groups (broad SMARTS) is 1. The van der Waals surface area contributed by atoms with Gasteiger partial charge in [-0.2, -0.15) is 0 Å². The summed E-state index contributed by atoms with van der Waals surface area (Å²) in [5, 5.41) is 24.9. The van der Waals surface area contributed by atoms with Gasteiger partial charge in [-0.1, -0.05) is 76.9 Å². The Morgan fingerprint density at radius 2 is 1.16 bits per heavy atom. The fraction of sp³-hybridized carbons (Fsp3) is 0.565. The highest BCUT2D eigenvalue weighted by atomic mass is 16.4. The Morgan fingerprint density at radius 1 is 0.662 bits per heavy atom. The predicted octanol–water partition coefficient (Wildman–Crippen LogP) is -0.682. The number of nitrogens with two attached hydrogens (primary N) is 5. The molecule has 374 valence electrons. The number of primary amides is 1. The summed E-state index contributed by atoms with van der Waals surface area (Å²) in [6, 6.07) is 6.74. The molecule has 0 aromatic heterocycles. The highest BCUT2D eigenvalue weighted by Gasteiger charge is 2.36. The van der Waals surface area contributed by atoms with Crippen LogP contribution in [0.2, 0.25) is 0 Å². The molecule has 2 aromatic carbocycles. The Kier molecular flexibility index (Phi) is 22.6. The molecule has 1 aliphatic heterocycles. The van der Waals surface area contributed by atoms with Crippen LogP contribution in [0, 0.1) is 17.8 Å². The molecule has 0 aliphatic carbocycles. The van der Waals surface area contributed by atoms with Crippen molar-refractivity contribution in [3.63, 3.8) is 0 Å². The van der Waals surface area contributed by atoms with E-state index in [9.17, 15) is 43.5 Å². The Hall–Kier alpha value is -6.84. The number of benzene rings is 2. The number of piperidine rings is 1. The standard InChI is InChI=1S/C46H71N13O9/c1-5-26(3)37(39(47)63)57-41(65)33(14-10-20-53-46(50)51)55-43(67)34(24-36(61)62)56-44(68)38(27(4)6-2)58-42(66)32(13-9-19-52-45(48)49)54-40(64)29-17-21-59(22-18-29)25-35(60)31-16-15-28-11-7-8-12-30(28)23-31/h7-8,11-12,15-16,23,26-27,29,32-34,37-38H,5-6,9-10,13-14,17-22,24-25H2,1-4H3,(H2,47,63)(H,54,64)(H,55,67)(H,56,68)(H,57,65)(H,58,66)(H,61,62)(H4,48,49,52)(H4,50,51,53)/t26-,27-,32-,33-,34-,37-,38-/m0/s1. The number of aliphatic imine (C=N–C) groups is 2. The van der Waals surface area contributed by atoms with Crippen molar-refractivity contribution in [2.24, 2.45) is 56.4 Å². The van der Waals surface area contributed by atoms with E-state index >= 15 is 0 Å². The van der Waals surface area contributed by atoms with E-state index in [1.165, 1.54) is 0 Å². The van der Waals surface area contributed by atoms with Crippen molar-refractivity contribution in [1.82, 2.24) is 31.5 Å². The molecule has 0 saturated carbocycles. The third kappa shape index (κ3) is 18.1. The van der Waals surface area contributed by atoms with Crippen LogP contribution < -0.4 is 55.3 Å². The van der Waals surface area contributed by atoms with Gasteiger partial charge in [0.2, 0.25) is 35.4 Å². The summed E-state index contributed by atoms with van der Waals surface area (Å²) in [6.45, 7) is 8.27. The molecule has 2 aromatic rings.